The normalized spacial score (nSPS) is 14.4. The highest BCUT2D eigenvalue weighted by molar-refractivity contribution is 6.06. The highest BCUT2D eigenvalue weighted by Crippen LogP contribution is 2.40. The van der Waals surface area contributed by atoms with Gasteiger partial charge in [-0.3, -0.25) is 9.69 Å². The van der Waals surface area contributed by atoms with Crippen LogP contribution in [0.15, 0.2) is 60.7 Å². The highest BCUT2D eigenvalue weighted by atomic mass is 19.1. The molecule has 0 saturated carbocycles. The zero-order chi connectivity index (χ0) is 25.7. The van der Waals surface area contributed by atoms with Crippen molar-refractivity contribution in [2.24, 2.45) is 0 Å². The van der Waals surface area contributed by atoms with Crippen molar-refractivity contribution < 1.29 is 23.4 Å². The Bertz CT molecular complexity index is 1190. The molecule has 0 N–H and O–H groups in total. The zero-order valence-electron chi connectivity index (χ0n) is 21.3. The molecule has 4 rings (SSSR count). The van der Waals surface area contributed by atoms with Crippen LogP contribution in [0.4, 0.5) is 10.1 Å². The Kier molecular flexibility index (Phi) is 8.10. The smallest absolute Gasteiger partial charge is 0.258 e. The van der Waals surface area contributed by atoms with Crippen LogP contribution in [0.1, 0.15) is 34.3 Å². The van der Waals surface area contributed by atoms with Crippen LogP contribution >= 0.6 is 0 Å². The van der Waals surface area contributed by atoms with Crippen LogP contribution in [0.5, 0.6) is 17.2 Å². The molecule has 0 unspecified atom stereocenters. The third-order valence-electron chi connectivity index (χ3n) is 6.78. The van der Waals surface area contributed by atoms with Crippen LogP contribution in [0.2, 0.25) is 0 Å². The number of hydrogen-bond acceptors (Lipinski definition) is 5. The minimum absolute atomic E-state index is 0.0386. The van der Waals surface area contributed by atoms with Crippen molar-refractivity contribution >= 4 is 11.6 Å². The Hall–Kier alpha value is -3.58. The number of piperidine rings is 1. The lowest BCUT2D eigenvalue weighted by Gasteiger charge is -2.39. The van der Waals surface area contributed by atoms with Crippen molar-refractivity contribution in [3.05, 3.63) is 83.2 Å². The molecule has 1 fully saturated rings. The fourth-order valence-corrected chi connectivity index (χ4v) is 4.81. The number of nitrogens with zero attached hydrogens (tertiary/aromatic N) is 2. The van der Waals surface area contributed by atoms with Gasteiger partial charge >= 0.3 is 0 Å². The Morgan fingerprint density at radius 1 is 0.944 bits per heavy atom. The number of aryl methyl sites for hydroxylation is 1. The third kappa shape index (κ3) is 5.31. The number of carbonyl (C=O) groups excluding carboxylic acids is 1. The quantitative estimate of drug-likeness (QED) is 0.417. The van der Waals surface area contributed by atoms with Gasteiger partial charge in [-0.05, 0) is 55.7 Å². The van der Waals surface area contributed by atoms with Crippen LogP contribution in [0.25, 0.3) is 0 Å². The van der Waals surface area contributed by atoms with Gasteiger partial charge in [-0.2, -0.15) is 0 Å². The lowest BCUT2D eigenvalue weighted by molar-refractivity contribution is 0.0958. The van der Waals surface area contributed by atoms with E-state index in [4.69, 9.17) is 14.2 Å². The molecular formula is C29H33FN2O4. The number of methoxy groups -OCH3 is 3. The van der Waals surface area contributed by atoms with Gasteiger partial charge < -0.3 is 19.1 Å². The number of hydrogen-bond donors (Lipinski definition) is 0. The lowest BCUT2D eigenvalue weighted by Crippen LogP contribution is -2.47. The van der Waals surface area contributed by atoms with E-state index in [1.54, 1.807) is 51.4 Å². The topological polar surface area (TPSA) is 51.2 Å². The maximum Gasteiger partial charge on any atom is 0.258 e. The molecule has 36 heavy (non-hydrogen) atoms. The van der Waals surface area contributed by atoms with Gasteiger partial charge in [0.2, 0.25) is 5.75 Å². The molecule has 1 amide bonds. The van der Waals surface area contributed by atoms with Gasteiger partial charge in [0.1, 0.15) is 5.82 Å². The first kappa shape index (κ1) is 25.5. The van der Waals surface area contributed by atoms with E-state index in [-0.39, 0.29) is 17.8 Å². The fourth-order valence-electron chi connectivity index (χ4n) is 4.81. The summed E-state index contributed by atoms with van der Waals surface area (Å²) in [4.78, 5) is 17.7. The van der Waals surface area contributed by atoms with Gasteiger partial charge in [0.05, 0.1) is 21.3 Å². The maximum absolute atomic E-state index is 14.5. The summed E-state index contributed by atoms with van der Waals surface area (Å²) in [7, 11) is 4.83. The summed E-state index contributed by atoms with van der Waals surface area (Å²) in [5.74, 6) is 1.44. The molecule has 0 aromatic heterocycles. The number of halogens is 1. The SMILES string of the molecule is COc1ccc(CN2CCC(N(C(=O)c3ccccc3)c3ccc(C)c(F)c3)CC2)c(OC)c1OC. The highest BCUT2D eigenvalue weighted by Gasteiger charge is 2.31. The van der Waals surface area contributed by atoms with E-state index in [9.17, 15) is 9.18 Å². The van der Waals surface area contributed by atoms with E-state index < -0.39 is 0 Å². The molecule has 190 valence electrons. The van der Waals surface area contributed by atoms with Crippen molar-refractivity contribution in [2.75, 3.05) is 39.3 Å². The van der Waals surface area contributed by atoms with Crippen LogP contribution in [0, 0.1) is 12.7 Å². The minimum Gasteiger partial charge on any atom is -0.493 e. The van der Waals surface area contributed by atoms with Crippen LogP contribution in [0.3, 0.4) is 0 Å². The van der Waals surface area contributed by atoms with E-state index in [0.717, 1.165) is 31.5 Å². The maximum atomic E-state index is 14.5. The number of benzene rings is 3. The van der Waals surface area contributed by atoms with Gasteiger partial charge in [-0.25, -0.2) is 4.39 Å². The summed E-state index contributed by atoms with van der Waals surface area (Å²) in [6.07, 6.45) is 1.54. The molecule has 0 bridgehead atoms. The summed E-state index contributed by atoms with van der Waals surface area (Å²) >= 11 is 0. The molecule has 0 aliphatic carbocycles. The van der Waals surface area contributed by atoms with Crippen molar-refractivity contribution in [1.29, 1.82) is 0 Å². The number of amides is 1. The Balaban J connectivity index is 1.54. The first-order chi connectivity index (χ1) is 17.5. The molecule has 3 aromatic rings. The largest absolute Gasteiger partial charge is 0.493 e. The van der Waals surface area contributed by atoms with Gasteiger partial charge in [0.25, 0.3) is 5.91 Å². The van der Waals surface area contributed by atoms with Crippen LogP contribution in [-0.2, 0) is 6.54 Å². The fraction of sp³-hybridized carbons (Fsp3) is 0.345. The number of ether oxygens (including phenoxy) is 3. The molecule has 0 atom stereocenters. The monoisotopic (exact) mass is 492 g/mol. The summed E-state index contributed by atoms with van der Waals surface area (Å²) in [6, 6.07) is 18.1. The summed E-state index contributed by atoms with van der Waals surface area (Å²) in [6.45, 7) is 3.98. The third-order valence-corrected chi connectivity index (χ3v) is 6.78. The Morgan fingerprint density at radius 2 is 1.64 bits per heavy atom. The lowest BCUT2D eigenvalue weighted by atomic mass is 9.99. The van der Waals surface area contributed by atoms with Crippen molar-refractivity contribution in [3.8, 4) is 17.2 Å². The molecule has 1 heterocycles. The van der Waals surface area contributed by atoms with Crippen molar-refractivity contribution in [1.82, 2.24) is 4.90 Å². The van der Waals surface area contributed by atoms with E-state index in [1.165, 1.54) is 6.07 Å². The summed E-state index contributed by atoms with van der Waals surface area (Å²) in [5, 5.41) is 0. The van der Waals surface area contributed by atoms with E-state index in [1.807, 2.05) is 36.4 Å². The molecule has 3 aromatic carbocycles. The standard InChI is InChI=1S/C29H33FN2O4/c1-20-10-12-24(18-25(20)30)32(29(33)21-8-6-5-7-9-21)23-14-16-31(17-15-23)19-22-11-13-26(34-2)28(36-4)27(22)35-3/h5-13,18,23H,14-17,19H2,1-4H3. The molecule has 1 aliphatic heterocycles. The number of anilines is 1. The first-order valence-corrected chi connectivity index (χ1v) is 12.1. The first-order valence-electron chi connectivity index (χ1n) is 12.1. The molecule has 7 heteroatoms. The predicted octanol–water partition coefficient (Wildman–Crippen LogP) is 5.47. The van der Waals surface area contributed by atoms with Crippen molar-refractivity contribution in [3.63, 3.8) is 0 Å². The molecular weight excluding hydrogens is 459 g/mol. The van der Waals surface area contributed by atoms with Gasteiger partial charge in [-0.15, -0.1) is 0 Å². The predicted molar refractivity (Wildman–Crippen MR) is 139 cm³/mol. The molecule has 0 spiro atoms. The molecule has 1 aliphatic rings. The molecule has 0 radical (unpaired) electrons. The Labute approximate surface area is 212 Å². The second-order valence-electron chi connectivity index (χ2n) is 8.98. The van der Waals surface area contributed by atoms with Crippen LogP contribution in [-0.4, -0.2) is 51.3 Å². The van der Waals surface area contributed by atoms with E-state index in [2.05, 4.69) is 4.90 Å². The van der Waals surface area contributed by atoms with Gasteiger partial charge in [-0.1, -0.05) is 30.3 Å². The van der Waals surface area contributed by atoms with E-state index in [0.29, 0.717) is 40.6 Å². The minimum atomic E-state index is -0.309. The number of likely N-dealkylation sites (tertiary alicyclic amines) is 1. The van der Waals surface area contributed by atoms with Gasteiger partial charge in [0, 0.05) is 42.5 Å². The molecule has 6 nitrogen and oxygen atoms in total. The average molecular weight is 493 g/mol. The van der Waals surface area contributed by atoms with E-state index >= 15 is 0 Å². The molecule has 1 saturated heterocycles. The summed E-state index contributed by atoms with van der Waals surface area (Å²) < 4.78 is 31.1. The van der Waals surface area contributed by atoms with Crippen molar-refractivity contribution in [2.45, 2.75) is 32.4 Å². The van der Waals surface area contributed by atoms with Crippen LogP contribution < -0.4 is 19.1 Å². The van der Waals surface area contributed by atoms with Gasteiger partial charge in [0.15, 0.2) is 11.5 Å². The zero-order valence-corrected chi connectivity index (χ0v) is 21.3. The average Bonchev–Trinajstić information content (AvgIpc) is 2.91. The number of carbonyl (C=O) groups is 1. The Morgan fingerprint density at radius 3 is 2.25 bits per heavy atom. The summed E-state index contributed by atoms with van der Waals surface area (Å²) in [5.41, 5.74) is 2.75. The second-order valence-corrected chi connectivity index (χ2v) is 8.98. The second kappa shape index (κ2) is 11.4. The number of rotatable bonds is 8.